The molecule has 0 unspecified atom stereocenters. The Bertz CT molecular complexity index is 1140. The number of methoxy groups -OCH3 is 1. The summed E-state index contributed by atoms with van der Waals surface area (Å²) in [6.07, 6.45) is 2.66. The lowest BCUT2D eigenvalue weighted by Gasteiger charge is -2.37. The van der Waals surface area contributed by atoms with Crippen LogP contribution < -0.4 is 15.0 Å². The number of piperidine rings is 1. The number of nitrogens with one attached hydrogen (secondary N) is 2. The van der Waals surface area contributed by atoms with E-state index in [1.807, 2.05) is 27.7 Å². The Morgan fingerprint density at radius 1 is 1.29 bits per heavy atom. The summed E-state index contributed by atoms with van der Waals surface area (Å²) in [6, 6.07) is 4.39. The van der Waals surface area contributed by atoms with Crippen molar-refractivity contribution in [2.75, 3.05) is 20.2 Å². The van der Waals surface area contributed by atoms with Gasteiger partial charge < -0.3 is 19.7 Å². The number of aromatic nitrogens is 1. The molecule has 186 valence electrons. The lowest BCUT2D eigenvalue weighted by atomic mass is 9.85. The van der Waals surface area contributed by atoms with Gasteiger partial charge in [0.05, 0.1) is 34.4 Å². The lowest BCUT2D eigenvalue weighted by molar-refractivity contribution is 0.0673. The number of carbonyl (C=O) groups is 1. The second-order valence-electron chi connectivity index (χ2n) is 9.55. The Balaban J connectivity index is 1.82. The second kappa shape index (κ2) is 10.5. The third-order valence-electron chi connectivity index (χ3n) is 6.07. The molecule has 3 N–H and O–H groups in total. The van der Waals surface area contributed by atoms with Crippen molar-refractivity contribution < 1.29 is 18.8 Å². The third-order valence-corrected chi connectivity index (χ3v) is 8.06. The number of likely N-dealkylation sites (tertiary alicyclic amines) is 1. The fourth-order valence-electron chi connectivity index (χ4n) is 3.99. The zero-order valence-electron chi connectivity index (χ0n) is 20.1. The van der Waals surface area contributed by atoms with Gasteiger partial charge in [-0.3, -0.25) is 9.59 Å². The summed E-state index contributed by atoms with van der Waals surface area (Å²) in [4.78, 5) is 29.0. The highest BCUT2D eigenvalue weighted by molar-refractivity contribution is 7.84. The van der Waals surface area contributed by atoms with E-state index in [1.165, 1.54) is 19.4 Å². The Morgan fingerprint density at radius 3 is 2.53 bits per heavy atom. The maximum absolute atomic E-state index is 13.0. The van der Waals surface area contributed by atoms with E-state index in [4.69, 9.17) is 16.3 Å². The van der Waals surface area contributed by atoms with Crippen molar-refractivity contribution in [1.82, 2.24) is 14.6 Å². The molecule has 1 amide bonds. The van der Waals surface area contributed by atoms with Gasteiger partial charge in [-0.25, -0.2) is 8.93 Å². The predicted molar refractivity (Wildman–Crippen MR) is 134 cm³/mol. The van der Waals surface area contributed by atoms with Gasteiger partial charge in [-0.05, 0) is 64.2 Å². The average molecular weight is 510 g/mol. The van der Waals surface area contributed by atoms with Gasteiger partial charge in [0.2, 0.25) is 0 Å². The molecule has 34 heavy (non-hydrogen) atoms. The van der Waals surface area contributed by atoms with Crippen molar-refractivity contribution >= 4 is 28.5 Å². The molecule has 0 radical (unpaired) electrons. The van der Waals surface area contributed by atoms with Crippen LogP contribution in [-0.2, 0) is 11.0 Å². The van der Waals surface area contributed by atoms with Crippen molar-refractivity contribution in [2.45, 2.75) is 51.3 Å². The number of benzene rings is 1. The van der Waals surface area contributed by atoms with E-state index in [-0.39, 0.29) is 23.3 Å². The van der Waals surface area contributed by atoms with E-state index in [0.717, 1.165) is 5.56 Å². The number of hydrogen-bond donors (Lipinski definition) is 3. The minimum absolute atomic E-state index is 0.0186. The van der Waals surface area contributed by atoms with Crippen molar-refractivity contribution in [3.63, 3.8) is 0 Å². The molecule has 8 nitrogen and oxygen atoms in total. The first-order chi connectivity index (χ1) is 15.9. The van der Waals surface area contributed by atoms with Crippen LogP contribution in [0.3, 0.4) is 0 Å². The fraction of sp³-hybridized carbons (Fsp3) is 0.500. The van der Waals surface area contributed by atoms with Crippen LogP contribution in [0.2, 0.25) is 5.02 Å². The number of nitrogens with zero attached hydrogens (tertiary/aromatic N) is 1. The summed E-state index contributed by atoms with van der Waals surface area (Å²) in [5.74, 6) is 0.00711. The van der Waals surface area contributed by atoms with Crippen LogP contribution in [0.4, 0.5) is 0 Å². The van der Waals surface area contributed by atoms with E-state index < -0.39 is 27.3 Å². The Morgan fingerprint density at radius 2 is 1.94 bits per heavy atom. The molecule has 1 saturated heterocycles. The monoisotopic (exact) mass is 509 g/mol. The van der Waals surface area contributed by atoms with Crippen LogP contribution in [0.25, 0.3) is 0 Å². The molecular weight excluding hydrogens is 478 g/mol. The van der Waals surface area contributed by atoms with Gasteiger partial charge in [0.1, 0.15) is 5.75 Å². The summed E-state index contributed by atoms with van der Waals surface area (Å²) >= 11 is 6.36. The summed E-state index contributed by atoms with van der Waals surface area (Å²) in [5, 5.41) is 11.2. The van der Waals surface area contributed by atoms with E-state index in [2.05, 4.69) is 9.71 Å². The maximum Gasteiger partial charge on any atom is 0.290 e. The van der Waals surface area contributed by atoms with Gasteiger partial charge in [-0.2, -0.15) is 0 Å². The third kappa shape index (κ3) is 5.82. The van der Waals surface area contributed by atoms with Crippen LogP contribution in [0.15, 0.2) is 29.2 Å². The van der Waals surface area contributed by atoms with E-state index in [0.29, 0.717) is 42.1 Å². The topological polar surface area (TPSA) is 112 Å². The van der Waals surface area contributed by atoms with Crippen LogP contribution in [0, 0.1) is 12.8 Å². The maximum atomic E-state index is 13.0. The molecule has 2 heterocycles. The summed E-state index contributed by atoms with van der Waals surface area (Å²) in [7, 11) is 0.00525. The first kappa shape index (κ1) is 26.2. The molecule has 0 aliphatic carbocycles. The quantitative estimate of drug-likeness (QED) is 0.549. The average Bonchev–Trinajstić information content (AvgIpc) is 2.79. The van der Waals surface area contributed by atoms with Gasteiger partial charge >= 0.3 is 0 Å². The molecule has 1 aromatic carbocycles. The van der Waals surface area contributed by atoms with Crippen molar-refractivity contribution in [1.29, 1.82) is 0 Å². The number of amides is 1. The molecule has 2 atom stereocenters. The van der Waals surface area contributed by atoms with Crippen LogP contribution in [0.5, 0.6) is 11.5 Å². The molecule has 10 heteroatoms. The largest absolute Gasteiger partial charge is 0.508 e. The van der Waals surface area contributed by atoms with Gasteiger partial charge in [0.15, 0.2) is 5.75 Å². The smallest absolute Gasteiger partial charge is 0.290 e. The zero-order chi connectivity index (χ0) is 25.2. The highest BCUT2D eigenvalue weighted by atomic mass is 35.5. The first-order valence-electron chi connectivity index (χ1n) is 11.2. The Labute approximate surface area is 207 Å². The number of hydrogen-bond acceptors (Lipinski definition) is 5. The number of halogens is 1. The predicted octanol–water partition coefficient (Wildman–Crippen LogP) is 3.70. The highest BCUT2D eigenvalue weighted by Crippen LogP contribution is 2.38. The van der Waals surface area contributed by atoms with Crippen LogP contribution in [-0.4, -0.2) is 50.1 Å². The van der Waals surface area contributed by atoms with E-state index in [1.54, 1.807) is 17.0 Å². The van der Waals surface area contributed by atoms with Gasteiger partial charge in [0.25, 0.3) is 11.5 Å². The summed E-state index contributed by atoms with van der Waals surface area (Å²) in [5.41, 5.74) is 1.31. The molecule has 3 rings (SSSR count). The number of phenols is 1. The van der Waals surface area contributed by atoms with E-state index >= 15 is 0 Å². The Kier molecular flexibility index (Phi) is 8.10. The van der Waals surface area contributed by atoms with Crippen molar-refractivity contribution in [3.05, 3.63) is 56.5 Å². The normalized spacial score (nSPS) is 16.8. The Hall–Kier alpha value is -2.36. The number of rotatable bonds is 6. The number of phenolic OH excluding ortho intramolecular Hbond substituents is 1. The SMILES string of the molecule is COc1cc(C(=O)N2CCC([C@@H](N[S@@](=O)C(C)(C)C)c3cc(Cl)c(C)cc3O)CC2)c[nH]c1=O. The first-order valence-corrected chi connectivity index (χ1v) is 12.7. The van der Waals surface area contributed by atoms with Crippen molar-refractivity contribution in [3.8, 4) is 11.5 Å². The molecular formula is C24H32ClN3O5S. The van der Waals surface area contributed by atoms with Crippen LogP contribution in [0.1, 0.15) is 61.1 Å². The number of H-pyrrole nitrogens is 1. The molecule has 0 bridgehead atoms. The van der Waals surface area contributed by atoms with Crippen LogP contribution >= 0.6 is 11.6 Å². The summed E-state index contributed by atoms with van der Waals surface area (Å²) < 4.78 is 20.7. The summed E-state index contributed by atoms with van der Waals surface area (Å²) in [6.45, 7) is 8.42. The standard InChI is InChI=1S/C24H32ClN3O5S/c1-14-10-19(29)17(12-18(14)25)21(27-34(32)24(2,3)4)15-6-8-28(9-7-15)23(31)16-11-20(33-5)22(30)26-13-16/h10-13,15,21,27,29H,6-9H2,1-5H3,(H,26,30)/t21-,34+/m1/s1. The number of pyridine rings is 1. The molecule has 2 aromatic rings. The van der Waals surface area contributed by atoms with Crippen molar-refractivity contribution in [2.24, 2.45) is 5.92 Å². The molecule has 1 aliphatic heterocycles. The minimum Gasteiger partial charge on any atom is -0.508 e. The number of carbonyl (C=O) groups excluding carboxylic acids is 1. The van der Waals surface area contributed by atoms with Gasteiger partial charge in [0, 0.05) is 35.9 Å². The highest BCUT2D eigenvalue weighted by Gasteiger charge is 2.34. The number of aryl methyl sites for hydroxylation is 1. The lowest BCUT2D eigenvalue weighted by Crippen LogP contribution is -2.44. The zero-order valence-corrected chi connectivity index (χ0v) is 21.7. The number of ether oxygens (including phenoxy) is 1. The molecule has 1 aromatic heterocycles. The molecule has 1 fully saturated rings. The second-order valence-corrected chi connectivity index (χ2v) is 12.0. The molecule has 0 saturated carbocycles. The minimum atomic E-state index is -1.38. The molecule has 0 spiro atoms. The number of aromatic hydroxyl groups is 1. The molecule has 1 aliphatic rings. The van der Waals surface area contributed by atoms with Gasteiger partial charge in [-0.15, -0.1) is 0 Å². The number of aromatic amines is 1. The fourth-order valence-corrected chi connectivity index (χ4v) is 5.07. The van der Waals surface area contributed by atoms with Gasteiger partial charge in [-0.1, -0.05) is 11.6 Å². The van der Waals surface area contributed by atoms with E-state index in [9.17, 15) is 18.9 Å².